The molecule has 2 aliphatic rings. The third kappa shape index (κ3) is 4.68. The van der Waals surface area contributed by atoms with Crippen LogP contribution in [0.1, 0.15) is 24.5 Å². The number of fused-ring (bicyclic) bond motifs is 1. The van der Waals surface area contributed by atoms with E-state index in [2.05, 4.69) is 10.6 Å². The molecule has 0 aromatic heterocycles. The van der Waals surface area contributed by atoms with Crippen LogP contribution in [0.5, 0.6) is 28.7 Å². The lowest BCUT2D eigenvalue weighted by Crippen LogP contribution is -2.43. The number of carbonyl (C=O) groups excluding carboxylic acids is 3. The fraction of sp³-hybridized carbons (Fsp3) is 0.400. The van der Waals surface area contributed by atoms with Crippen molar-refractivity contribution in [1.82, 2.24) is 15.5 Å². The van der Waals surface area contributed by atoms with E-state index in [-0.39, 0.29) is 6.54 Å². The first kappa shape index (κ1) is 25.0. The largest absolute Gasteiger partial charge is 0.496 e. The van der Waals surface area contributed by atoms with Gasteiger partial charge in [0, 0.05) is 24.6 Å². The van der Waals surface area contributed by atoms with E-state index in [0.29, 0.717) is 53.1 Å². The molecule has 0 radical (unpaired) electrons. The Bertz CT molecular complexity index is 1180. The van der Waals surface area contributed by atoms with Crippen LogP contribution in [-0.4, -0.2) is 63.8 Å². The van der Waals surface area contributed by atoms with E-state index in [9.17, 15) is 14.4 Å². The summed E-state index contributed by atoms with van der Waals surface area (Å²) >= 11 is 0. The van der Waals surface area contributed by atoms with E-state index in [1.165, 1.54) is 21.3 Å². The normalized spacial score (nSPS) is 18.8. The molecule has 4 amide bonds. The highest BCUT2D eigenvalue weighted by molar-refractivity contribution is 6.09. The lowest BCUT2D eigenvalue weighted by atomic mass is 9.91. The Morgan fingerprint density at radius 3 is 2.36 bits per heavy atom. The first-order chi connectivity index (χ1) is 17.3. The van der Waals surface area contributed by atoms with Crippen molar-refractivity contribution in [3.8, 4) is 28.7 Å². The number of carbonyl (C=O) groups is 3. The highest BCUT2D eigenvalue weighted by Gasteiger charge is 2.49. The molecule has 2 aliphatic heterocycles. The molecule has 36 heavy (non-hydrogen) atoms. The second kappa shape index (κ2) is 10.2. The maximum atomic E-state index is 13.3. The number of urea groups is 1. The van der Waals surface area contributed by atoms with Crippen LogP contribution in [0.4, 0.5) is 4.79 Å². The average molecular weight is 500 g/mol. The minimum absolute atomic E-state index is 0.0887. The summed E-state index contributed by atoms with van der Waals surface area (Å²) in [6.07, 6.45) is 0.745. The average Bonchev–Trinajstić information content (AvgIpc) is 3.04. The molecule has 2 heterocycles. The number of nitrogens with zero attached hydrogens (tertiary/aromatic N) is 1. The zero-order valence-electron chi connectivity index (χ0n) is 20.6. The third-order valence-electron chi connectivity index (χ3n) is 6.16. The van der Waals surface area contributed by atoms with Crippen LogP contribution in [0.3, 0.4) is 0 Å². The van der Waals surface area contributed by atoms with Gasteiger partial charge in [0.15, 0.2) is 23.0 Å². The second-order valence-electron chi connectivity index (χ2n) is 8.45. The lowest BCUT2D eigenvalue weighted by molar-refractivity contribution is -0.134. The van der Waals surface area contributed by atoms with Gasteiger partial charge < -0.3 is 34.3 Å². The van der Waals surface area contributed by atoms with Gasteiger partial charge in [-0.3, -0.25) is 14.5 Å². The summed E-state index contributed by atoms with van der Waals surface area (Å²) in [6, 6.07) is 7.79. The van der Waals surface area contributed by atoms with E-state index in [4.69, 9.17) is 23.7 Å². The molecule has 0 saturated carbocycles. The van der Waals surface area contributed by atoms with Crippen LogP contribution >= 0.6 is 0 Å². The summed E-state index contributed by atoms with van der Waals surface area (Å²) in [7, 11) is 4.52. The van der Waals surface area contributed by atoms with Crippen LogP contribution in [-0.2, 0) is 21.7 Å². The number of nitrogens with one attached hydrogen (secondary N) is 2. The smallest absolute Gasteiger partial charge is 0.325 e. The molecular formula is C25H29N3O8. The summed E-state index contributed by atoms with van der Waals surface area (Å²) in [5.41, 5.74) is -0.185. The highest BCUT2D eigenvalue weighted by Crippen LogP contribution is 2.37. The molecule has 1 saturated heterocycles. The lowest BCUT2D eigenvalue weighted by Gasteiger charge is -2.23. The molecular weight excluding hydrogens is 470 g/mol. The van der Waals surface area contributed by atoms with Gasteiger partial charge in [0.1, 0.15) is 17.8 Å². The summed E-state index contributed by atoms with van der Waals surface area (Å²) in [6.45, 7) is 2.27. The molecule has 2 aromatic carbocycles. The quantitative estimate of drug-likeness (QED) is 0.528. The predicted molar refractivity (Wildman–Crippen MR) is 128 cm³/mol. The van der Waals surface area contributed by atoms with E-state index in [0.717, 1.165) is 11.3 Å². The number of hydrogen-bond donors (Lipinski definition) is 2. The van der Waals surface area contributed by atoms with E-state index >= 15 is 0 Å². The maximum absolute atomic E-state index is 13.3. The Kier molecular flexibility index (Phi) is 7.09. The van der Waals surface area contributed by atoms with Crippen molar-refractivity contribution in [2.75, 3.05) is 41.1 Å². The van der Waals surface area contributed by atoms with Crippen molar-refractivity contribution < 1.29 is 38.1 Å². The van der Waals surface area contributed by atoms with Crippen LogP contribution < -0.4 is 34.3 Å². The number of imide groups is 1. The van der Waals surface area contributed by atoms with Crippen molar-refractivity contribution in [1.29, 1.82) is 0 Å². The van der Waals surface area contributed by atoms with Gasteiger partial charge in [-0.2, -0.15) is 0 Å². The molecule has 0 bridgehead atoms. The minimum Gasteiger partial charge on any atom is -0.496 e. The topological polar surface area (TPSA) is 125 Å². The van der Waals surface area contributed by atoms with Crippen molar-refractivity contribution in [3.63, 3.8) is 0 Å². The first-order valence-corrected chi connectivity index (χ1v) is 11.4. The van der Waals surface area contributed by atoms with E-state index in [1.54, 1.807) is 37.3 Å². The number of methoxy groups -OCH3 is 3. The van der Waals surface area contributed by atoms with Gasteiger partial charge in [-0.25, -0.2) is 4.79 Å². The highest BCUT2D eigenvalue weighted by atomic mass is 16.5. The van der Waals surface area contributed by atoms with Crippen molar-refractivity contribution in [2.45, 2.75) is 25.4 Å². The molecule has 2 aromatic rings. The zero-order chi connectivity index (χ0) is 25.9. The molecule has 11 nitrogen and oxygen atoms in total. The Hall–Kier alpha value is -4.15. The molecule has 0 spiro atoms. The predicted octanol–water partition coefficient (Wildman–Crippen LogP) is 1.96. The first-order valence-electron chi connectivity index (χ1n) is 11.4. The maximum Gasteiger partial charge on any atom is 0.325 e. The fourth-order valence-corrected chi connectivity index (χ4v) is 4.13. The molecule has 192 valence electrons. The van der Waals surface area contributed by atoms with Crippen LogP contribution in [0.15, 0.2) is 30.3 Å². The van der Waals surface area contributed by atoms with Gasteiger partial charge in [0.25, 0.3) is 5.91 Å². The number of ether oxygens (including phenoxy) is 5. The van der Waals surface area contributed by atoms with Gasteiger partial charge in [0.05, 0.1) is 34.5 Å². The Labute approximate surface area is 208 Å². The van der Waals surface area contributed by atoms with Crippen LogP contribution in [0.2, 0.25) is 0 Å². The Morgan fingerprint density at radius 2 is 1.67 bits per heavy atom. The van der Waals surface area contributed by atoms with E-state index in [1.807, 2.05) is 0 Å². The van der Waals surface area contributed by atoms with Gasteiger partial charge in [0.2, 0.25) is 5.91 Å². The SMILES string of the molecule is COc1cc(OC)c(OC)cc1CNC(=O)CN1C(=O)NC(C)(c2ccc3c(c2)OCCCO3)C1=O. The molecule has 0 aliphatic carbocycles. The Balaban J connectivity index is 1.45. The van der Waals surface area contributed by atoms with Gasteiger partial charge in [-0.1, -0.05) is 6.07 Å². The number of benzene rings is 2. The van der Waals surface area contributed by atoms with Crippen molar-refractivity contribution >= 4 is 17.8 Å². The van der Waals surface area contributed by atoms with Crippen molar-refractivity contribution in [3.05, 3.63) is 41.5 Å². The molecule has 1 unspecified atom stereocenters. The minimum atomic E-state index is -1.35. The molecule has 1 fully saturated rings. The number of amides is 4. The molecule has 4 rings (SSSR count). The van der Waals surface area contributed by atoms with Gasteiger partial charge in [-0.15, -0.1) is 0 Å². The summed E-state index contributed by atoms with van der Waals surface area (Å²) < 4.78 is 27.3. The molecule has 11 heteroatoms. The van der Waals surface area contributed by atoms with Crippen LogP contribution in [0, 0.1) is 0 Å². The molecule has 2 N–H and O–H groups in total. The molecule has 1 atom stereocenters. The summed E-state index contributed by atoms with van der Waals surface area (Å²) in [4.78, 5) is 39.6. The second-order valence-corrected chi connectivity index (χ2v) is 8.45. The third-order valence-corrected chi connectivity index (χ3v) is 6.16. The monoisotopic (exact) mass is 499 g/mol. The van der Waals surface area contributed by atoms with Crippen molar-refractivity contribution in [2.24, 2.45) is 0 Å². The van der Waals surface area contributed by atoms with Gasteiger partial charge in [-0.05, 0) is 30.7 Å². The van der Waals surface area contributed by atoms with Crippen LogP contribution in [0.25, 0.3) is 0 Å². The fourth-order valence-electron chi connectivity index (χ4n) is 4.13. The van der Waals surface area contributed by atoms with E-state index < -0.39 is 29.9 Å². The van der Waals surface area contributed by atoms with Gasteiger partial charge >= 0.3 is 6.03 Å². The summed E-state index contributed by atoms with van der Waals surface area (Å²) in [5.74, 6) is 1.48. The standard InChI is InChI=1S/C25H29N3O8/c1-25(16-6-7-17-21(11-16)36-9-5-8-35-17)23(30)28(24(31)27-25)14-22(29)26-13-15-10-19(33-3)20(34-4)12-18(15)32-2/h6-7,10-12H,5,8-9,13-14H2,1-4H3,(H,26,29)(H,27,31). The summed E-state index contributed by atoms with van der Waals surface area (Å²) in [5, 5.41) is 5.42. The Morgan fingerprint density at radius 1 is 1.00 bits per heavy atom. The number of hydrogen-bond acceptors (Lipinski definition) is 8. The zero-order valence-corrected chi connectivity index (χ0v) is 20.6. The number of rotatable bonds is 8.